The van der Waals surface area contributed by atoms with Crippen molar-refractivity contribution in [3.63, 3.8) is 0 Å². The molecule has 134 valence electrons. The largest absolute Gasteiger partial charge is 0.332 e. The van der Waals surface area contributed by atoms with E-state index in [4.69, 9.17) is 0 Å². The zero-order valence-corrected chi connectivity index (χ0v) is 15.4. The molecule has 7 heteroatoms. The molecule has 3 heterocycles. The van der Waals surface area contributed by atoms with Crippen LogP contribution >= 0.6 is 0 Å². The van der Waals surface area contributed by atoms with Crippen molar-refractivity contribution in [3.8, 4) is 0 Å². The van der Waals surface area contributed by atoms with Crippen LogP contribution in [0.3, 0.4) is 0 Å². The van der Waals surface area contributed by atoms with Gasteiger partial charge in [0.1, 0.15) is 0 Å². The van der Waals surface area contributed by atoms with E-state index in [1.807, 2.05) is 60.2 Å². The topological polar surface area (TPSA) is 66.2 Å². The second-order valence-corrected chi connectivity index (χ2v) is 6.68. The number of benzene rings is 1. The van der Waals surface area contributed by atoms with Gasteiger partial charge in [-0.2, -0.15) is 4.98 Å². The van der Waals surface area contributed by atoms with Gasteiger partial charge in [-0.3, -0.25) is 18.3 Å². The maximum Gasteiger partial charge on any atom is 0.332 e. The summed E-state index contributed by atoms with van der Waals surface area (Å²) in [7, 11) is 3.58. The summed E-state index contributed by atoms with van der Waals surface area (Å²) in [4.78, 5) is 30.4. The van der Waals surface area contributed by atoms with Gasteiger partial charge >= 0.3 is 5.69 Å². The maximum atomic E-state index is 13.2. The van der Waals surface area contributed by atoms with E-state index in [1.54, 1.807) is 7.05 Å². The Labute approximate surface area is 149 Å². The number of hydrogen-bond acceptors (Lipinski definition) is 3. The van der Waals surface area contributed by atoms with Crippen LogP contribution in [0.4, 0.5) is 0 Å². The van der Waals surface area contributed by atoms with E-state index in [9.17, 15) is 9.59 Å². The molecule has 0 saturated heterocycles. The number of aryl methyl sites for hydroxylation is 4. The summed E-state index contributed by atoms with van der Waals surface area (Å²) in [5.74, 6) is 0.669. The van der Waals surface area contributed by atoms with E-state index >= 15 is 0 Å². The fourth-order valence-electron chi connectivity index (χ4n) is 3.49. The highest BCUT2D eigenvalue weighted by Crippen LogP contribution is 2.19. The SMILES string of the molecule is Cc1c(C)n2c3c(=O)n(CCc4ccccc4)c(=O)n(C)c3nc2n1C. The Balaban J connectivity index is 1.97. The van der Waals surface area contributed by atoms with Crippen molar-refractivity contribution in [3.05, 3.63) is 68.1 Å². The highest BCUT2D eigenvalue weighted by molar-refractivity contribution is 5.76. The quantitative estimate of drug-likeness (QED) is 0.562. The van der Waals surface area contributed by atoms with Gasteiger partial charge in [-0.05, 0) is 25.8 Å². The molecule has 26 heavy (non-hydrogen) atoms. The van der Waals surface area contributed by atoms with Crippen molar-refractivity contribution in [2.24, 2.45) is 14.1 Å². The van der Waals surface area contributed by atoms with Crippen molar-refractivity contribution < 1.29 is 0 Å². The molecule has 4 aromatic rings. The molecule has 3 aromatic heterocycles. The molecule has 0 bridgehead atoms. The predicted octanol–water partition coefficient (Wildman–Crippen LogP) is 1.55. The molecule has 0 spiro atoms. The Morgan fingerprint density at radius 2 is 1.65 bits per heavy atom. The van der Waals surface area contributed by atoms with Crippen molar-refractivity contribution in [2.45, 2.75) is 26.8 Å². The van der Waals surface area contributed by atoms with Crippen LogP contribution in [0.15, 0.2) is 39.9 Å². The number of aromatic nitrogens is 5. The number of rotatable bonds is 3. The first-order valence-corrected chi connectivity index (χ1v) is 8.59. The third kappa shape index (κ3) is 2.16. The highest BCUT2D eigenvalue weighted by atomic mass is 16.2. The van der Waals surface area contributed by atoms with Gasteiger partial charge in [-0.1, -0.05) is 30.3 Å². The molecule has 7 nitrogen and oxygen atoms in total. The fourth-order valence-corrected chi connectivity index (χ4v) is 3.49. The van der Waals surface area contributed by atoms with Crippen molar-refractivity contribution >= 4 is 16.9 Å². The molecule has 0 saturated carbocycles. The minimum Gasteiger partial charge on any atom is -0.317 e. The summed E-state index contributed by atoms with van der Waals surface area (Å²) in [6.07, 6.45) is 0.621. The second-order valence-electron chi connectivity index (χ2n) is 6.68. The van der Waals surface area contributed by atoms with E-state index in [1.165, 1.54) is 9.13 Å². The molecule has 0 aliphatic carbocycles. The average molecular weight is 351 g/mol. The number of hydrogen-bond donors (Lipinski definition) is 0. The molecular weight excluding hydrogens is 330 g/mol. The minimum atomic E-state index is -0.337. The van der Waals surface area contributed by atoms with E-state index in [2.05, 4.69) is 4.98 Å². The molecule has 0 amide bonds. The number of nitrogens with zero attached hydrogens (tertiary/aromatic N) is 5. The molecular formula is C19H21N5O2. The molecule has 0 atom stereocenters. The van der Waals surface area contributed by atoms with Gasteiger partial charge in [0.2, 0.25) is 5.78 Å². The molecule has 0 aliphatic rings. The summed E-state index contributed by atoms with van der Waals surface area (Å²) >= 11 is 0. The highest BCUT2D eigenvalue weighted by Gasteiger charge is 2.21. The van der Waals surface area contributed by atoms with Crippen LogP contribution in [0.2, 0.25) is 0 Å². The molecule has 0 radical (unpaired) electrons. The summed E-state index contributed by atoms with van der Waals surface area (Å²) in [5.41, 5.74) is 3.33. The minimum absolute atomic E-state index is 0.291. The summed E-state index contributed by atoms with van der Waals surface area (Å²) in [6.45, 7) is 4.29. The van der Waals surface area contributed by atoms with Crippen LogP contribution in [-0.4, -0.2) is 23.1 Å². The molecule has 0 N–H and O–H groups in total. The monoisotopic (exact) mass is 351 g/mol. The van der Waals surface area contributed by atoms with Gasteiger partial charge < -0.3 is 4.57 Å². The smallest absolute Gasteiger partial charge is 0.317 e. The fraction of sp³-hybridized carbons (Fsp3) is 0.316. The third-order valence-corrected chi connectivity index (χ3v) is 5.25. The lowest BCUT2D eigenvalue weighted by Crippen LogP contribution is -2.39. The van der Waals surface area contributed by atoms with Gasteiger partial charge in [0.15, 0.2) is 11.2 Å². The lowest BCUT2D eigenvalue weighted by Gasteiger charge is -2.08. The molecule has 0 aliphatic heterocycles. The van der Waals surface area contributed by atoms with Gasteiger partial charge in [0.05, 0.1) is 0 Å². The van der Waals surface area contributed by atoms with Crippen molar-refractivity contribution in [2.75, 3.05) is 0 Å². The summed E-state index contributed by atoms with van der Waals surface area (Å²) in [5, 5.41) is 0. The zero-order valence-electron chi connectivity index (χ0n) is 15.4. The van der Waals surface area contributed by atoms with Crippen LogP contribution in [0.5, 0.6) is 0 Å². The van der Waals surface area contributed by atoms with Crippen LogP contribution in [-0.2, 0) is 27.1 Å². The first-order chi connectivity index (χ1) is 12.4. The lowest BCUT2D eigenvalue weighted by molar-refractivity contribution is 0.602. The van der Waals surface area contributed by atoms with Gasteiger partial charge in [0, 0.05) is 32.0 Å². The van der Waals surface area contributed by atoms with Crippen LogP contribution in [0, 0.1) is 13.8 Å². The molecule has 4 rings (SSSR count). The summed E-state index contributed by atoms with van der Waals surface area (Å²) < 4.78 is 6.56. The van der Waals surface area contributed by atoms with Crippen molar-refractivity contribution in [1.29, 1.82) is 0 Å². The van der Waals surface area contributed by atoms with Crippen LogP contribution in [0.25, 0.3) is 16.9 Å². The predicted molar refractivity (Wildman–Crippen MR) is 101 cm³/mol. The molecule has 0 fully saturated rings. The van der Waals surface area contributed by atoms with E-state index in [0.717, 1.165) is 17.0 Å². The van der Waals surface area contributed by atoms with E-state index in [-0.39, 0.29) is 11.2 Å². The second kappa shape index (κ2) is 5.72. The zero-order chi connectivity index (χ0) is 18.6. The number of imidazole rings is 2. The summed E-state index contributed by atoms with van der Waals surface area (Å²) in [6, 6.07) is 9.85. The average Bonchev–Trinajstić information content (AvgIpc) is 3.14. The third-order valence-electron chi connectivity index (χ3n) is 5.25. The van der Waals surface area contributed by atoms with E-state index < -0.39 is 0 Å². The van der Waals surface area contributed by atoms with Crippen LogP contribution < -0.4 is 11.2 Å². The van der Waals surface area contributed by atoms with Gasteiger partial charge in [-0.25, -0.2) is 4.79 Å². The first-order valence-electron chi connectivity index (χ1n) is 8.59. The number of fused-ring (bicyclic) bond motifs is 3. The molecule has 0 unspecified atom stereocenters. The standard InChI is InChI=1S/C19H21N5O2/c1-12-13(2)24-15-16(20-18(24)21(12)3)22(4)19(26)23(17(15)25)11-10-14-8-6-5-7-9-14/h5-9H,10-11H2,1-4H3. The van der Waals surface area contributed by atoms with Crippen LogP contribution in [0.1, 0.15) is 17.0 Å². The Hall–Kier alpha value is -3.09. The Bertz CT molecular complexity index is 1260. The lowest BCUT2D eigenvalue weighted by atomic mass is 10.1. The van der Waals surface area contributed by atoms with Gasteiger partial charge in [0.25, 0.3) is 5.56 Å². The Kier molecular flexibility index (Phi) is 3.61. The van der Waals surface area contributed by atoms with Crippen molar-refractivity contribution in [1.82, 2.24) is 23.1 Å². The first kappa shape index (κ1) is 16.4. The Morgan fingerprint density at radius 1 is 0.962 bits per heavy atom. The Morgan fingerprint density at radius 3 is 2.35 bits per heavy atom. The van der Waals surface area contributed by atoms with Gasteiger partial charge in [-0.15, -0.1) is 0 Å². The van der Waals surface area contributed by atoms with E-state index in [0.29, 0.717) is 29.9 Å². The maximum absolute atomic E-state index is 13.2. The molecule has 1 aromatic carbocycles. The normalized spacial score (nSPS) is 11.7.